The fraction of sp³-hybridized carbons (Fsp3) is 0.200. The van der Waals surface area contributed by atoms with Crippen LogP contribution >= 0.6 is 68.5 Å². The lowest BCUT2D eigenvalue weighted by Crippen LogP contribution is -2.32. The van der Waals surface area contributed by atoms with Gasteiger partial charge in [0.2, 0.25) is 0 Å². The Balaban J connectivity index is 1.74. The molecule has 0 atom stereocenters. The minimum absolute atomic E-state index is 0.148. The molecule has 1 heterocycles. The summed E-state index contributed by atoms with van der Waals surface area (Å²) in [5.41, 5.74) is 0.779. The number of carbonyl (C=O) groups is 2. The number of amides is 2. The van der Waals surface area contributed by atoms with Gasteiger partial charge in [-0.1, -0.05) is 23.7 Å². The molecule has 1 aliphatic rings. The van der Waals surface area contributed by atoms with Crippen LogP contribution in [0.25, 0.3) is 6.08 Å². The number of benzene rings is 2. The van der Waals surface area contributed by atoms with Crippen molar-refractivity contribution in [3.63, 3.8) is 0 Å². The van der Waals surface area contributed by atoms with Gasteiger partial charge >= 0.3 is 0 Å². The zero-order valence-electron chi connectivity index (χ0n) is 15.3. The Kier molecular flexibility index (Phi) is 8.11. The van der Waals surface area contributed by atoms with Crippen LogP contribution in [0.4, 0.5) is 4.79 Å². The zero-order chi connectivity index (χ0) is 21.0. The summed E-state index contributed by atoms with van der Waals surface area (Å²) >= 11 is 11.4. The second-order valence-electron chi connectivity index (χ2n) is 5.85. The van der Waals surface area contributed by atoms with Gasteiger partial charge in [-0.25, -0.2) is 0 Å². The smallest absolute Gasteiger partial charge is 0.293 e. The Morgan fingerprint density at radius 3 is 2.66 bits per heavy atom. The Hall–Kier alpha value is -0.980. The number of hydrogen-bond donors (Lipinski definition) is 0. The lowest BCUT2D eigenvalue weighted by atomic mass is 10.2. The normalized spacial score (nSPS) is 15.3. The van der Waals surface area contributed by atoms with E-state index >= 15 is 0 Å². The van der Waals surface area contributed by atoms with E-state index < -0.39 is 0 Å². The number of carbonyl (C=O) groups excluding carboxylic acids is 2. The number of imide groups is 1. The summed E-state index contributed by atoms with van der Waals surface area (Å²) < 4.78 is 13.3. The molecule has 1 aliphatic heterocycles. The summed E-state index contributed by atoms with van der Waals surface area (Å²) in [5.74, 6) is 0.896. The van der Waals surface area contributed by atoms with Gasteiger partial charge in [-0.05, 0) is 94.2 Å². The molecule has 2 aromatic carbocycles. The number of para-hydroxylation sites is 1. The summed E-state index contributed by atoms with van der Waals surface area (Å²) in [7, 11) is 0. The van der Waals surface area contributed by atoms with Crippen LogP contribution in [-0.2, 0) is 4.79 Å². The van der Waals surface area contributed by atoms with Gasteiger partial charge < -0.3 is 9.47 Å². The number of thioether (sulfide) groups is 1. The van der Waals surface area contributed by atoms with E-state index in [2.05, 4.69) is 45.2 Å². The van der Waals surface area contributed by atoms with Crippen molar-refractivity contribution in [1.29, 1.82) is 0 Å². The van der Waals surface area contributed by atoms with Crippen molar-refractivity contribution in [2.75, 3.05) is 19.8 Å². The average Bonchev–Trinajstić information content (AvgIpc) is 2.93. The summed E-state index contributed by atoms with van der Waals surface area (Å²) in [6.07, 6.45) is 1.72. The average molecular weight is 656 g/mol. The highest BCUT2D eigenvalue weighted by Crippen LogP contribution is 2.36. The molecule has 3 rings (SSSR count). The van der Waals surface area contributed by atoms with Crippen LogP contribution in [0.2, 0.25) is 5.02 Å². The van der Waals surface area contributed by atoms with E-state index in [9.17, 15) is 9.59 Å². The summed E-state index contributed by atoms with van der Waals surface area (Å²) in [5, 5.41) is 0.167. The van der Waals surface area contributed by atoms with Crippen molar-refractivity contribution >= 4 is 85.8 Å². The predicted molar refractivity (Wildman–Crippen MR) is 133 cm³/mol. The number of ether oxygens (including phenoxy) is 2. The Bertz CT molecular complexity index is 983. The highest BCUT2D eigenvalue weighted by Gasteiger charge is 2.35. The fourth-order valence-corrected chi connectivity index (χ4v) is 5.72. The van der Waals surface area contributed by atoms with Gasteiger partial charge in [0, 0.05) is 9.13 Å². The lowest BCUT2D eigenvalue weighted by molar-refractivity contribution is -0.123. The minimum Gasteiger partial charge on any atom is -0.492 e. The molecule has 0 radical (unpaired) electrons. The van der Waals surface area contributed by atoms with Crippen molar-refractivity contribution in [3.8, 4) is 11.5 Å². The Morgan fingerprint density at radius 2 is 1.93 bits per heavy atom. The van der Waals surface area contributed by atoms with E-state index in [1.807, 2.05) is 25.1 Å². The van der Waals surface area contributed by atoms with Crippen LogP contribution in [0.3, 0.4) is 0 Å². The third-order valence-electron chi connectivity index (χ3n) is 3.90. The van der Waals surface area contributed by atoms with Crippen LogP contribution in [-0.4, -0.2) is 35.8 Å². The zero-order valence-corrected chi connectivity index (χ0v) is 21.2. The second kappa shape index (κ2) is 10.4. The van der Waals surface area contributed by atoms with Gasteiger partial charge in [-0.2, -0.15) is 0 Å². The maximum atomic E-state index is 12.8. The van der Waals surface area contributed by atoms with Crippen LogP contribution in [0, 0.1) is 7.14 Å². The molecule has 0 aliphatic carbocycles. The molecular formula is C20H16ClI2NO4S. The first kappa shape index (κ1) is 22.7. The first-order valence-electron chi connectivity index (χ1n) is 8.65. The SMILES string of the molecule is CCOc1c(I)cc(I)cc1/C=C1\SC(=O)N(CCOc2ccccc2Cl)C1=O. The number of rotatable bonds is 7. The molecule has 0 spiro atoms. The predicted octanol–water partition coefficient (Wildman–Crippen LogP) is 6.06. The molecule has 29 heavy (non-hydrogen) atoms. The van der Waals surface area contributed by atoms with E-state index in [0.29, 0.717) is 28.0 Å². The Labute approximate surface area is 205 Å². The van der Waals surface area contributed by atoms with E-state index in [4.69, 9.17) is 21.1 Å². The summed E-state index contributed by atoms with van der Waals surface area (Å²) in [6, 6.07) is 11.0. The van der Waals surface area contributed by atoms with E-state index in [-0.39, 0.29) is 24.3 Å². The fourth-order valence-electron chi connectivity index (χ4n) is 2.63. The van der Waals surface area contributed by atoms with Gasteiger partial charge in [0.15, 0.2) is 0 Å². The van der Waals surface area contributed by atoms with E-state index in [1.165, 1.54) is 4.90 Å². The quantitative estimate of drug-likeness (QED) is 0.268. The van der Waals surface area contributed by atoms with Gasteiger partial charge in [-0.3, -0.25) is 14.5 Å². The summed E-state index contributed by atoms with van der Waals surface area (Å²) in [6.45, 7) is 2.73. The van der Waals surface area contributed by atoms with Crippen LogP contribution in [0.5, 0.6) is 11.5 Å². The van der Waals surface area contributed by atoms with E-state index in [1.54, 1.807) is 24.3 Å². The maximum absolute atomic E-state index is 12.8. The largest absolute Gasteiger partial charge is 0.492 e. The number of halogens is 3. The molecule has 0 unspecified atom stereocenters. The van der Waals surface area contributed by atoms with Crippen molar-refractivity contribution in [3.05, 3.63) is 59.0 Å². The number of hydrogen-bond acceptors (Lipinski definition) is 5. The highest BCUT2D eigenvalue weighted by molar-refractivity contribution is 14.1. The molecule has 2 aromatic rings. The monoisotopic (exact) mass is 655 g/mol. The van der Waals surface area contributed by atoms with Gasteiger partial charge in [-0.15, -0.1) is 0 Å². The van der Waals surface area contributed by atoms with Gasteiger partial charge in [0.05, 0.1) is 26.6 Å². The molecule has 0 bridgehead atoms. The second-order valence-corrected chi connectivity index (χ2v) is 9.66. The van der Waals surface area contributed by atoms with Gasteiger partial charge in [0.25, 0.3) is 11.1 Å². The third-order valence-corrected chi connectivity index (χ3v) is 6.54. The first-order valence-corrected chi connectivity index (χ1v) is 12.0. The van der Waals surface area contributed by atoms with Crippen LogP contribution in [0.15, 0.2) is 41.3 Å². The maximum Gasteiger partial charge on any atom is 0.293 e. The topological polar surface area (TPSA) is 55.8 Å². The molecule has 152 valence electrons. The molecule has 0 N–H and O–H groups in total. The minimum atomic E-state index is -0.334. The molecular weight excluding hydrogens is 640 g/mol. The summed E-state index contributed by atoms with van der Waals surface area (Å²) in [4.78, 5) is 26.7. The first-order chi connectivity index (χ1) is 13.9. The molecule has 9 heteroatoms. The lowest BCUT2D eigenvalue weighted by Gasteiger charge is -2.14. The van der Waals surface area contributed by atoms with Crippen molar-refractivity contribution < 1.29 is 19.1 Å². The van der Waals surface area contributed by atoms with Crippen molar-refractivity contribution in [2.24, 2.45) is 0 Å². The Morgan fingerprint density at radius 1 is 1.17 bits per heavy atom. The standard InChI is InChI=1S/C20H16ClI2NO4S/c1-2-27-18-12(9-13(22)11-15(18)23)10-17-19(25)24(20(26)29-17)7-8-28-16-6-4-3-5-14(16)21/h3-6,9-11H,2,7-8H2,1H3/b17-10-. The number of nitrogens with zero attached hydrogens (tertiary/aromatic N) is 1. The van der Waals surface area contributed by atoms with Gasteiger partial charge in [0.1, 0.15) is 18.1 Å². The molecule has 1 saturated heterocycles. The molecule has 5 nitrogen and oxygen atoms in total. The molecule has 0 aromatic heterocycles. The van der Waals surface area contributed by atoms with Crippen LogP contribution < -0.4 is 9.47 Å². The third kappa shape index (κ3) is 5.59. The van der Waals surface area contributed by atoms with Crippen molar-refractivity contribution in [2.45, 2.75) is 6.92 Å². The molecule has 1 fully saturated rings. The van der Waals surface area contributed by atoms with Crippen LogP contribution in [0.1, 0.15) is 12.5 Å². The van der Waals surface area contributed by atoms with Crippen molar-refractivity contribution in [1.82, 2.24) is 4.90 Å². The molecule has 0 saturated carbocycles. The molecule has 2 amide bonds. The van der Waals surface area contributed by atoms with E-state index in [0.717, 1.165) is 24.5 Å². The highest BCUT2D eigenvalue weighted by atomic mass is 127.